The maximum Gasteiger partial charge on any atom is 0.118 e. The van der Waals surface area contributed by atoms with Crippen molar-refractivity contribution in [2.24, 2.45) is 0 Å². The van der Waals surface area contributed by atoms with Crippen molar-refractivity contribution in [1.29, 1.82) is 0 Å². The number of halogens is 1. The van der Waals surface area contributed by atoms with Gasteiger partial charge in [0.15, 0.2) is 0 Å². The Kier molecular flexibility index (Phi) is 5.29. The van der Waals surface area contributed by atoms with Crippen LogP contribution >= 0.6 is 11.6 Å². The predicted molar refractivity (Wildman–Crippen MR) is 88.9 cm³/mol. The second kappa shape index (κ2) is 7.19. The molecule has 0 aromatic heterocycles. The zero-order valence-electron chi connectivity index (χ0n) is 12.5. The summed E-state index contributed by atoms with van der Waals surface area (Å²) in [5, 5.41) is 0.769. The van der Waals surface area contributed by atoms with Gasteiger partial charge in [-0.25, -0.2) is 0 Å². The first-order chi connectivity index (χ1) is 10.2. The summed E-state index contributed by atoms with van der Waals surface area (Å²) in [6.45, 7) is 2.10. The van der Waals surface area contributed by atoms with E-state index in [9.17, 15) is 0 Å². The molecule has 0 fully saturated rings. The van der Waals surface area contributed by atoms with Crippen LogP contribution in [0, 0.1) is 0 Å². The highest BCUT2D eigenvalue weighted by Crippen LogP contribution is 2.33. The lowest BCUT2D eigenvalue weighted by atomic mass is 10.00. The Bertz CT molecular complexity index is 613. The quantitative estimate of drug-likeness (QED) is 0.705. The first kappa shape index (κ1) is 15.5. The van der Waals surface area contributed by atoms with Crippen molar-refractivity contribution in [1.82, 2.24) is 0 Å². The number of hydrogen-bond acceptors (Lipinski definition) is 2. The number of rotatable bonds is 5. The molecule has 0 amide bonds. The fourth-order valence-corrected chi connectivity index (χ4v) is 2.56. The molecule has 2 aromatic rings. The molecule has 0 aliphatic heterocycles. The maximum atomic E-state index is 6.58. The van der Waals surface area contributed by atoms with E-state index < -0.39 is 0 Å². The molecule has 0 unspecified atom stereocenters. The van der Waals surface area contributed by atoms with Gasteiger partial charge in [-0.05, 0) is 59.5 Å². The average molecular weight is 303 g/mol. The monoisotopic (exact) mass is 302 g/mol. The van der Waals surface area contributed by atoms with Gasteiger partial charge >= 0.3 is 0 Å². The summed E-state index contributed by atoms with van der Waals surface area (Å²) in [7, 11) is 3.32. The van der Waals surface area contributed by atoms with Crippen LogP contribution in [-0.4, -0.2) is 14.2 Å². The van der Waals surface area contributed by atoms with E-state index in [0.29, 0.717) is 0 Å². The van der Waals surface area contributed by atoms with E-state index in [4.69, 9.17) is 21.1 Å². The summed E-state index contributed by atoms with van der Waals surface area (Å²) in [6, 6.07) is 15.7. The number of methoxy groups -OCH3 is 2. The van der Waals surface area contributed by atoms with E-state index in [2.05, 4.69) is 6.92 Å². The Labute approximate surface area is 131 Å². The fraction of sp³-hybridized carbons (Fsp3) is 0.222. The third-order valence-corrected chi connectivity index (χ3v) is 3.85. The van der Waals surface area contributed by atoms with Crippen LogP contribution < -0.4 is 9.47 Å². The number of allylic oxidation sites excluding steroid dienone is 1. The Morgan fingerprint density at radius 2 is 1.24 bits per heavy atom. The average Bonchev–Trinajstić information content (AvgIpc) is 2.56. The van der Waals surface area contributed by atoms with Gasteiger partial charge < -0.3 is 9.47 Å². The van der Waals surface area contributed by atoms with E-state index in [1.54, 1.807) is 14.2 Å². The van der Waals surface area contributed by atoms with Gasteiger partial charge in [0.2, 0.25) is 0 Å². The van der Waals surface area contributed by atoms with Gasteiger partial charge in [-0.15, -0.1) is 0 Å². The first-order valence-corrected chi connectivity index (χ1v) is 7.25. The topological polar surface area (TPSA) is 18.5 Å². The zero-order chi connectivity index (χ0) is 15.2. The van der Waals surface area contributed by atoms with E-state index in [1.807, 2.05) is 48.5 Å². The third-order valence-electron chi connectivity index (χ3n) is 3.40. The highest BCUT2D eigenvalue weighted by Gasteiger charge is 2.08. The normalized spacial score (nSPS) is 11.8. The van der Waals surface area contributed by atoms with Crippen molar-refractivity contribution < 1.29 is 9.47 Å². The van der Waals surface area contributed by atoms with Crippen molar-refractivity contribution in [2.75, 3.05) is 14.2 Å². The molecule has 0 atom stereocenters. The summed E-state index contributed by atoms with van der Waals surface area (Å²) < 4.78 is 10.4. The second-order valence-corrected chi connectivity index (χ2v) is 4.98. The minimum atomic E-state index is 0.769. The molecule has 2 nitrogen and oxygen atoms in total. The Hall–Kier alpha value is -1.93. The van der Waals surface area contributed by atoms with Gasteiger partial charge in [0.05, 0.1) is 19.3 Å². The van der Waals surface area contributed by atoms with E-state index in [1.165, 1.54) is 0 Å². The number of benzene rings is 2. The van der Waals surface area contributed by atoms with Crippen LogP contribution in [0.1, 0.15) is 24.5 Å². The van der Waals surface area contributed by atoms with Gasteiger partial charge in [-0.1, -0.05) is 30.7 Å². The number of hydrogen-bond donors (Lipinski definition) is 0. The Morgan fingerprint density at radius 1 is 0.810 bits per heavy atom. The van der Waals surface area contributed by atoms with Crippen LogP contribution in [-0.2, 0) is 0 Å². The molecular formula is C18H19ClO2. The van der Waals surface area contributed by atoms with Gasteiger partial charge in [-0.3, -0.25) is 0 Å². The van der Waals surface area contributed by atoms with E-state index in [0.717, 1.165) is 39.7 Å². The smallest absolute Gasteiger partial charge is 0.118 e. The fourth-order valence-electron chi connectivity index (χ4n) is 2.19. The maximum absolute atomic E-state index is 6.58. The Morgan fingerprint density at radius 3 is 1.62 bits per heavy atom. The molecule has 0 aliphatic rings. The van der Waals surface area contributed by atoms with Crippen LogP contribution in [0.25, 0.3) is 10.6 Å². The summed E-state index contributed by atoms with van der Waals surface area (Å²) >= 11 is 6.58. The lowest BCUT2D eigenvalue weighted by molar-refractivity contribution is 0.414. The minimum Gasteiger partial charge on any atom is -0.497 e. The molecule has 0 saturated carbocycles. The molecular weight excluding hydrogens is 284 g/mol. The predicted octanol–water partition coefficient (Wildman–Crippen LogP) is 5.22. The Balaban J connectivity index is 2.39. The van der Waals surface area contributed by atoms with Crippen molar-refractivity contribution in [2.45, 2.75) is 13.3 Å². The SMILES string of the molecule is CC/C(=C(/Cl)c1ccc(OC)cc1)c1ccc(OC)cc1. The molecule has 0 spiro atoms. The highest BCUT2D eigenvalue weighted by atomic mass is 35.5. The molecule has 21 heavy (non-hydrogen) atoms. The summed E-state index contributed by atoms with van der Waals surface area (Å²) in [5.74, 6) is 1.67. The lowest BCUT2D eigenvalue weighted by Crippen LogP contribution is -1.89. The summed E-state index contributed by atoms with van der Waals surface area (Å²) in [6.07, 6.45) is 0.858. The highest BCUT2D eigenvalue weighted by molar-refractivity contribution is 6.52. The third kappa shape index (κ3) is 3.59. The largest absolute Gasteiger partial charge is 0.497 e. The lowest BCUT2D eigenvalue weighted by Gasteiger charge is -2.11. The molecule has 0 aliphatic carbocycles. The molecule has 0 heterocycles. The second-order valence-electron chi connectivity index (χ2n) is 4.60. The van der Waals surface area contributed by atoms with Crippen LogP contribution in [0.3, 0.4) is 0 Å². The van der Waals surface area contributed by atoms with Gasteiger partial charge in [-0.2, -0.15) is 0 Å². The molecule has 2 aromatic carbocycles. The molecule has 0 bridgehead atoms. The molecule has 110 valence electrons. The van der Waals surface area contributed by atoms with E-state index >= 15 is 0 Å². The van der Waals surface area contributed by atoms with Gasteiger partial charge in [0, 0.05) is 0 Å². The molecule has 0 N–H and O–H groups in total. The van der Waals surface area contributed by atoms with Crippen molar-refractivity contribution >= 4 is 22.2 Å². The first-order valence-electron chi connectivity index (χ1n) is 6.87. The van der Waals surface area contributed by atoms with Crippen LogP contribution in [0.5, 0.6) is 11.5 Å². The summed E-state index contributed by atoms with van der Waals surface area (Å²) in [4.78, 5) is 0. The van der Waals surface area contributed by atoms with E-state index in [-0.39, 0.29) is 0 Å². The van der Waals surface area contributed by atoms with Crippen molar-refractivity contribution in [3.05, 3.63) is 59.7 Å². The van der Waals surface area contributed by atoms with Crippen molar-refractivity contribution in [3.63, 3.8) is 0 Å². The molecule has 2 rings (SSSR count). The molecule has 3 heteroatoms. The van der Waals surface area contributed by atoms with Crippen LogP contribution in [0.4, 0.5) is 0 Å². The van der Waals surface area contributed by atoms with Gasteiger partial charge in [0.25, 0.3) is 0 Å². The van der Waals surface area contributed by atoms with Crippen LogP contribution in [0.15, 0.2) is 48.5 Å². The van der Waals surface area contributed by atoms with Crippen LogP contribution in [0.2, 0.25) is 0 Å². The standard InChI is InChI=1S/C18H19ClO2/c1-4-17(13-5-9-15(20-2)10-6-13)18(19)14-7-11-16(21-3)12-8-14/h5-12H,4H2,1-3H3/b18-17-. The zero-order valence-corrected chi connectivity index (χ0v) is 13.3. The molecule has 0 radical (unpaired) electrons. The summed E-state index contributed by atoms with van der Waals surface area (Å²) in [5.41, 5.74) is 3.22. The minimum absolute atomic E-state index is 0.769. The number of ether oxygens (including phenoxy) is 2. The van der Waals surface area contributed by atoms with Crippen molar-refractivity contribution in [3.8, 4) is 11.5 Å². The van der Waals surface area contributed by atoms with Gasteiger partial charge in [0.1, 0.15) is 11.5 Å². The molecule has 0 saturated heterocycles.